The molecule has 1 heterocycles. The van der Waals surface area contributed by atoms with Crippen LogP contribution >= 0.6 is 0 Å². The van der Waals surface area contributed by atoms with Crippen molar-refractivity contribution >= 4 is 17.7 Å². The van der Waals surface area contributed by atoms with Gasteiger partial charge in [0.15, 0.2) is 5.96 Å². The molecule has 1 unspecified atom stereocenters. The van der Waals surface area contributed by atoms with E-state index in [1.807, 2.05) is 26.8 Å². The lowest BCUT2D eigenvalue weighted by Gasteiger charge is -2.33. The van der Waals surface area contributed by atoms with E-state index in [0.29, 0.717) is 25.0 Å². The fourth-order valence-corrected chi connectivity index (χ4v) is 2.94. The average Bonchev–Trinajstić information content (AvgIpc) is 2.55. The number of anilines is 1. The third kappa shape index (κ3) is 6.24. The number of carbonyl (C=O) groups excluding carboxylic acids is 1. The van der Waals surface area contributed by atoms with Crippen molar-refractivity contribution in [2.45, 2.75) is 53.1 Å². The first-order valence-electron chi connectivity index (χ1n) is 9.26. The fourth-order valence-electron chi connectivity index (χ4n) is 2.94. The van der Waals surface area contributed by atoms with E-state index in [1.54, 1.807) is 4.90 Å². The van der Waals surface area contributed by atoms with Crippen molar-refractivity contribution in [1.82, 2.24) is 4.90 Å². The van der Waals surface area contributed by atoms with Gasteiger partial charge >= 0.3 is 6.09 Å². The van der Waals surface area contributed by atoms with Gasteiger partial charge in [0.1, 0.15) is 5.60 Å². The maximum atomic E-state index is 12.2. The Bertz CT molecular complexity index is 664. The summed E-state index contributed by atoms with van der Waals surface area (Å²) < 4.78 is 5.47. The van der Waals surface area contributed by atoms with Crippen molar-refractivity contribution in [2.75, 3.05) is 25.0 Å². The van der Waals surface area contributed by atoms with Crippen molar-refractivity contribution in [3.63, 3.8) is 0 Å². The second-order valence-electron chi connectivity index (χ2n) is 8.08. The van der Waals surface area contributed by atoms with Crippen molar-refractivity contribution < 1.29 is 9.53 Å². The van der Waals surface area contributed by atoms with Crippen LogP contribution in [0, 0.1) is 19.8 Å². The predicted molar refractivity (Wildman–Crippen MR) is 107 cm³/mol. The molecule has 0 bridgehead atoms. The quantitative estimate of drug-likeness (QED) is 0.636. The molecule has 1 aliphatic heterocycles. The number of rotatable bonds is 3. The van der Waals surface area contributed by atoms with E-state index in [1.165, 1.54) is 11.1 Å². The van der Waals surface area contributed by atoms with Crippen molar-refractivity contribution in [2.24, 2.45) is 16.6 Å². The third-order valence-electron chi connectivity index (χ3n) is 4.47. The van der Waals surface area contributed by atoms with Crippen LogP contribution in [0.5, 0.6) is 0 Å². The Kier molecular flexibility index (Phi) is 6.51. The van der Waals surface area contributed by atoms with Crippen LogP contribution in [0.2, 0.25) is 0 Å². The van der Waals surface area contributed by atoms with Crippen LogP contribution in [0.4, 0.5) is 10.5 Å². The molecular weight excluding hydrogens is 328 g/mol. The number of likely N-dealkylation sites (tertiary alicyclic amines) is 1. The Morgan fingerprint density at radius 2 is 2.08 bits per heavy atom. The first-order valence-corrected chi connectivity index (χ1v) is 9.26. The molecule has 1 fully saturated rings. The first-order chi connectivity index (χ1) is 12.1. The number of benzene rings is 1. The summed E-state index contributed by atoms with van der Waals surface area (Å²) in [6.07, 6.45) is 1.76. The average molecular weight is 361 g/mol. The van der Waals surface area contributed by atoms with Gasteiger partial charge in [-0.15, -0.1) is 0 Å². The van der Waals surface area contributed by atoms with E-state index in [2.05, 4.69) is 36.3 Å². The third-order valence-corrected chi connectivity index (χ3v) is 4.47. The smallest absolute Gasteiger partial charge is 0.410 e. The van der Waals surface area contributed by atoms with E-state index in [-0.39, 0.29) is 6.09 Å². The number of nitrogens with zero attached hydrogens (tertiary/aromatic N) is 2. The summed E-state index contributed by atoms with van der Waals surface area (Å²) in [5.41, 5.74) is 8.95. The van der Waals surface area contributed by atoms with E-state index >= 15 is 0 Å². The molecule has 1 amide bonds. The molecule has 2 rings (SSSR count). The highest BCUT2D eigenvalue weighted by atomic mass is 16.6. The SMILES string of the molecule is Cc1ccc(NC(N)=NCC2CCCN(C(=O)OC(C)(C)C)C2)cc1C. The number of nitrogens with two attached hydrogens (primary N) is 1. The monoisotopic (exact) mass is 360 g/mol. The first kappa shape index (κ1) is 20.1. The molecular formula is C20H32N4O2. The molecule has 0 saturated carbocycles. The van der Waals surface area contributed by atoms with Gasteiger partial charge in [-0.1, -0.05) is 6.07 Å². The van der Waals surface area contributed by atoms with Gasteiger partial charge in [-0.2, -0.15) is 0 Å². The standard InChI is InChI=1S/C20H32N4O2/c1-14-8-9-17(11-15(14)2)23-18(21)22-12-16-7-6-10-24(13-16)19(25)26-20(3,4)5/h8-9,11,16H,6-7,10,12-13H2,1-5H3,(H3,21,22,23). The number of amides is 1. The molecule has 1 aliphatic rings. The van der Waals surface area contributed by atoms with Crippen molar-refractivity contribution in [1.29, 1.82) is 0 Å². The van der Waals surface area contributed by atoms with Crippen LogP contribution in [-0.2, 0) is 4.74 Å². The summed E-state index contributed by atoms with van der Waals surface area (Å²) in [4.78, 5) is 18.5. The molecule has 1 atom stereocenters. The number of carbonyl (C=O) groups is 1. The number of hydrogen-bond donors (Lipinski definition) is 2. The zero-order chi connectivity index (χ0) is 19.3. The molecule has 3 N–H and O–H groups in total. The number of guanidine groups is 1. The summed E-state index contributed by atoms with van der Waals surface area (Å²) in [7, 11) is 0. The number of hydrogen-bond acceptors (Lipinski definition) is 3. The number of nitrogens with one attached hydrogen (secondary N) is 1. The van der Waals surface area contributed by atoms with Gasteiger partial charge < -0.3 is 20.7 Å². The molecule has 1 aromatic carbocycles. The minimum Gasteiger partial charge on any atom is -0.444 e. The zero-order valence-corrected chi connectivity index (χ0v) is 16.6. The summed E-state index contributed by atoms with van der Waals surface area (Å²) in [5, 5.41) is 3.14. The topological polar surface area (TPSA) is 80.0 Å². The Morgan fingerprint density at radius 1 is 1.35 bits per heavy atom. The van der Waals surface area contributed by atoms with Gasteiger partial charge in [0.25, 0.3) is 0 Å². The molecule has 144 valence electrons. The summed E-state index contributed by atoms with van der Waals surface area (Å²) in [6.45, 7) is 11.8. The van der Waals surface area contributed by atoms with Crippen LogP contribution < -0.4 is 11.1 Å². The minimum absolute atomic E-state index is 0.243. The number of aliphatic imine (C=N–C) groups is 1. The van der Waals surface area contributed by atoms with Gasteiger partial charge in [0.05, 0.1) is 0 Å². The van der Waals surface area contributed by atoms with E-state index < -0.39 is 5.60 Å². The maximum Gasteiger partial charge on any atom is 0.410 e. The van der Waals surface area contributed by atoms with Gasteiger partial charge in [-0.25, -0.2) is 4.79 Å². The van der Waals surface area contributed by atoms with Crippen LogP contribution in [0.1, 0.15) is 44.7 Å². The zero-order valence-electron chi connectivity index (χ0n) is 16.6. The van der Waals surface area contributed by atoms with Gasteiger partial charge in [0, 0.05) is 25.3 Å². The highest BCUT2D eigenvalue weighted by molar-refractivity contribution is 5.92. The van der Waals surface area contributed by atoms with Crippen molar-refractivity contribution in [3.8, 4) is 0 Å². The predicted octanol–water partition coefficient (Wildman–Crippen LogP) is 3.68. The number of ether oxygens (including phenoxy) is 1. The highest BCUT2D eigenvalue weighted by Crippen LogP contribution is 2.20. The molecule has 6 nitrogen and oxygen atoms in total. The second-order valence-corrected chi connectivity index (χ2v) is 8.08. The van der Waals surface area contributed by atoms with E-state index in [0.717, 1.165) is 25.1 Å². The van der Waals surface area contributed by atoms with E-state index in [9.17, 15) is 4.79 Å². The van der Waals surface area contributed by atoms with Crippen LogP contribution in [0.15, 0.2) is 23.2 Å². The Balaban J connectivity index is 1.88. The second kappa shape index (κ2) is 8.43. The Morgan fingerprint density at radius 3 is 2.73 bits per heavy atom. The van der Waals surface area contributed by atoms with E-state index in [4.69, 9.17) is 10.5 Å². The molecule has 0 spiro atoms. The summed E-state index contributed by atoms with van der Waals surface area (Å²) >= 11 is 0. The molecule has 0 aliphatic carbocycles. The molecule has 0 aromatic heterocycles. The number of aryl methyl sites for hydroxylation is 2. The fraction of sp³-hybridized carbons (Fsp3) is 0.600. The normalized spacial score (nSPS) is 18.6. The van der Waals surface area contributed by atoms with Crippen LogP contribution in [-0.4, -0.2) is 42.2 Å². The molecule has 26 heavy (non-hydrogen) atoms. The lowest BCUT2D eigenvalue weighted by molar-refractivity contribution is 0.0171. The summed E-state index contributed by atoms with van der Waals surface area (Å²) in [6, 6.07) is 6.11. The maximum absolute atomic E-state index is 12.2. The highest BCUT2D eigenvalue weighted by Gasteiger charge is 2.27. The summed E-state index contributed by atoms with van der Waals surface area (Å²) in [5.74, 6) is 0.707. The Labute approximate surface area is 156 Å². The lowest BCUT2D eigenvalue weighted by atomic mass is 9.98. The largest absolute Gasteiger partial charge is 0.444 e. The van der Waals surface area contributed by atoms with Gasteiger partial charge in [0.2, 0.25) is 0 Å². The Hall–Kier alpha value is -2.24. The van der Waals surface area contributed by atoms with Crippen LogP contribution in [0.3, 0.4) is 0 Å². The van der Waals surface area contributed by atoms with Gasteiger partial charge in [-0.05, 0) is 76.6 Å². The van der Waals surface area contributed by atoms with Crippen LogP contribution in [0.25, 0.3) is 0 Å². The molecule has 0 radical (unpaired) electrons. The lowest BCUT2D eigenvalue weighted by Crippen LogP contribution is -2.43. The molecule has 1 saturated heterocycles. The van der Waals surface area contributed by atoms with Gasteiger partial charge in [-0.3, -0.25) is 4.99 Å². The molecule has 6 heteroatoms. The van der Waals surface area contributed by atoms with Crippen molar-refractivity contribution in [3.05, 3.63) is 29.3 Å². The number of piperidine rings is 1. The minimum atomic E-state index is -0.470. The molecule has 1 aromatic rings.